The van der Waals surface area contributed by atoms with E-state index in [1.54, 1.807) is 11.3 Å². The highest BCUT2D eigenvalue weighted by molar-refractivity contribution is 7.08. The van der Waals surface area contributed by atoms with Gasteiger partial charge in [0.25, 0.3) is 0 Å². The molecule has 1 aromatic rings. The van der Waals surface area contributed by atoms with Gasteiger partial charge in [-0.2, -0.15) is 11.3 Å². The van der Waals surface area contributed by atoms with Crippen molar-refractivity contribution >= 4 is 22.9 Å². The second-order valence-corrected chi connectivity index (χ2v) is 4.15. The van der Waals surface area contributed by atoms with Crippen LogP contribution < -0.4 is 10.2 Å². The Bertz CT molecular complexity index is 310. The summed E-state index contributed by atoms with van der Waals surface area (Å²) in [5.74, 6) is 0.213. The first-order valence-corrected chi connectivity index (χ1v) is 5.84. The van der Waals surface area contributed by atoms with Crippen LogP contribution in [0.15, 0.2) is 16.8 Å². The zero-order chi connectivity index (χ0) is 9.97. The van der Waals surface area contributed by atoms with E-state index in [9.17, 15) is 4.79 Å². The van der Waals surface area contributed by atoms with E-state index in [0.29, 0.717) is 0 Å². The molecule has 0 bridgehead atoms. The summed E-state index contributed by atoms with van der Waals surface area (Å²) >= 11 is 1.63. The lowest BCUT2D eigenvalue weighted by Gasteiger charge is -2.14. The van der Waals surface area contributed by atoms with E-state index in [-0.39, 0.29) is 11.9 Å². The maximum Gasteiger partial charge on any atom is 0.244 e. The van der Waals surface area contributed by atoms with Gasteiger partial charge in [0, 0.05) is 11.9 Å². The highest BCUT2D eigenvalue weighted by Gasteiger charge is 2.31. The molecule has 1 atom stereocenters. The van der Waals surface area contributed by atoms with E-state index in [1.165, 1.54) is 0 Å². The molecule has 0 radical (unpaired) electrons. The number of thiophene rings is 1. The number of likely N-dealkylation sites (N-methyl/N-ethyl adjacent to an activating group) is 1. The van der Waals surface area contributed by atoms with Crippen molar-refractivity contribution in [1.82, 2.24) is 5.32 Å². The zero-order valence-corrected chi connectivity index (χ0v) is 9.01. The molecule has 76 valence electrons. The quantitative estimate of drug-likeness (QED) is 0.819. The third kappa shape index (κ3) is 1.67. The average Bonchev–Trinajstić information content (AvgIpc) is 2.77. The lowest BCUT2D eigenvalue weighted by molar-refractivity contribution is -0.118. The zero-order valence-electron chi connectivity index (χ0n) is 8.19. The van der Waals surface area contributed by atoms with E-state index in [2.05, 4.69) is 5.32 Å². The summed E-state index contributed by atoms with van der Waals surface area (Å²) in [5, 5.41) is 7.22. The van der Waals surface area contributed by atoms with Crippen LogP contribution in [-0.2, 0) is 4.79 Å². The van der Waals surface area contributed by atoms with Gasteiger partial charge in [0.2, 0.25) is 5.91 Å². The SMILES string of the molecule is CCNC1CCN(c2ccsc2)C1=O. The van der Waals surface area contributed by atoms with Gasteiger partial charge < -0.3 is 10.2 Å². The topological polar surface area (TPSA) is 32.3 Å². The third-order valence-electron chi connectivity index (χ3n) is 2.47. The van der Waals surface area contributed by atoms with Crippen molar-refractivity contribution in [3.8, 4) is 0 Å². The van der Waals surface area contributed by atoms with Crippen molar-refractivity contribution in [1.29, 1.82) is 0 Å². The van der Waals surface area contributed by atoms with E-state index in [4.69, 9.17) is 0 Å². The third-order valence-corrected chi connectivity index (χ3v) is 3.14. The molecular formula is C10H14N2OS. The van der Waals surface area contributed by atoms with E-state index < -0.39 is 0 Å². The number of carbonyl (C=O) groups is 1. The molecule has 4 heteroatoms. The van der Waals surface area contributed by atoms with Gasteiger partial charge in [-0.3, -0.25) is 4.79 Å². The lowest BCUT2D eigenvalue weighted by atomic mass is 10.2. The summed E-state index contributed by atoms with van der Waals surface area (Å²) in [6.45, 7) is 3.72. The Morgan fingerprint density at radius 3 is 3.21 bits per heavy atom. The van der Waals surface area contributed by atoms with Crippen molar-refractivity contribution in [3.63, 3.8) is 0 Å². The van der Waals surface area contributed by atoms with Gasteiger partial charge in [-0.15, -0.1) is 0 Å². The molecule has 1 amide bonds. The molecule has 0 saturated carbocycles. The largest absolute Gasteiger partial charge is 0.310 e. The highest BCUT2D eigenvalue weighted by Crippen LogP contribution is 2.23. The van der Waals surface area contributed by atoms with Crippen LogP contribution in [0.1, 0.15) is 13.3 Å². The highest BCUT2D eigenvalue weighted by atomic mass is 32.1. The van der Waals surface area contributed by atoms with Gasteiger partial charge in [-0.05, 0) is 24.4 Å². The number of anilines is 1. The average molecular weight is 210 g/mol. The molecule has 1 N–H and O–H groups in total. The number of hydrogen-bond acceptors (Lipinski definition) is 3. The van der Waals surface area contributed by atoms with Crippen LogP contribution in [0.4, 0.5) is 5.69 Å². The minimum absolute atomic E-state index is 0.0277. The van der Waals surface area contributed by atoms with Crippen molar-refractivity contribution in [2.75, 3.05) is 18.0 Å². The molecule has 0 spiro atoms. The Balaban J connectivity index is 2.07. The summed E-state index contributed by atoms with van der Waals surface area (Å²) in [5.41, 5.74) is 1.04. The fraction of sp³-hybridized carbons (Fsp3) is 0.500. The summed E-state index contributed by atoms with van der Waals surface area (Å²) in [6, 6.07) is 2.02. The molecule has 0 aliphatic carbocycles. The van der Waals surface area contributed by atoms with E-state index >= 15 is 0 Å². The number of rotatable bonds is 3. The predicted molar refractivity (Wildman–Crippen MR) is 58.8 cm³/mol. The number of amides is 1. The number of carbonyl (C=O) groups excluding carboxylic acids is 1. The molecule has 1 aromatic heterocycles. The van der Waals surface area contributed by atoms with Crippen LogP contribution in [-0.4, -0.2) is 25.0 Å². The Morgan fingerprint density at radius 1 is 1.71 bits per heavy atom. The van der Waals surface area contributed by atoms with E-state index in [1.807, 2.05) is 28.7 Å². The fourth-order valence-corrected chi connectivity index (χ4v) is 2.42. The van der Waals surface area contributed by atoms with Crippen molar-refractivity contribution in [2.24, 2.45) is 0 Å². The van der Waals surface area contributed by atoms with Gasteiger partial charge in [-0.25, -0.2) is 0 Å². The number of nitrogens with one attached hydrogen (secondary N) is 1. The van der Waals surface area contributed by atoms with Gasteiger partial charge in [0.15, 0.2) is 0 Å². The normalized spacial score (nSPS) is 21.9. The van der Waals surface area contributed by atoms with Crippen molar-refractivity contribution < 1.29 is 4.79 Å². The van der Waals surface area contributed by atoms with Gasteiger partial charge in [0.05, 0.1) is 11.7 Å². The van der Waals surface area contributed by atoms with Crippen LogP contribution in [0.5, 0.6) is 0 Å². The lowest BCUT2D eigenvalue weighted by Crippen LogP contribution is -2.38. The van der Waals surface area contributed by atoms with Crippen molar-refractivity contribution in [3.05, 3.63) is 16.8 Å². The van der Waals surface area contributed by atoms with Crippen molar-refractivity contribution in [2.45, 2.75) is 19.4 Å². The minimum atomic E-state index is 0.0277. The van der Waals surface area contributed by atoms with Crippen LogP contribution >= 0.6 is 11.3 Å². The molecule has 14 heavy (non-hydrogen) atoms. The van der Waals surface area contributed by atoms with Crippen LogP contribution in [0.3, 0.4) is 0 Å². The minimum Gasteiger partial charge on any atom is -0.310 e. The molecule has 0 aromatic carbocycles. The fourth-order valence-electron chi connectivity index (χ4n) is 1.78. The van der Waals surface area contributed by atoms with Gasteiger partial charge >= 0.3 is 0 Å². The molecule has 1 aliphatic rings. The summed E-state index contributed by atoms with van der Waals surface area (Å²) in [6.07, 6.45) is 0.919. The Labute approximate surface area is 87.7 Å². The second kappa shape index (κ2) is 4.11. The maximum absolute atomic E-state index is 11.9. The Kier molecular flexibility index (Phi) is 2.84. The van der Waals surface area contributed by atoms with Gasteiger partial charge in [-0.1, -0.05) is 6.92 Å². The Morgan fingerprint density at radius 2 is 2.57 bits per heavy atom. The van der Waals surface area contributed by atoms with Crippen LogP contribution in [0.25, 0.3) is 0 Å². The molecule has 2 rings (SSSR count). The monoisotopic (exact) mass is 210 g/mol. The van der Waals surface area contributed by atoms with Crippen LogP contribution in [0, 0.1) is 0 Å². The molecule has 1 unspecified atom stereocenters. The molecule has 2 heterocycles. The molecule has 1 aliphatic heterocycles. The second-order valence-electron chi connectivity index (χ2n) is 3.37. The number of hydrogen-bond donors (Lipinski definition) is 1. The molecule has 3 nitrogen and oxygen atoms in total. The maximum atomic E-state index is 11.9. The summed E-state index contributed by atoms with van der Waals surface area (Å²) in [4.78, 5) is 13.7. The molecule has 1 fully saturated rings. The Hall–Kier alpha value is -0.870. The predicted octanol–water partition coefficient (Wildman–Crippen LogP) is 1.46. The van der Waals surface area contributed by atoms with Crippen LogP contribution in [0.2, 0.25) is 0 Å². The first-order valence-electron chi connectivity index (χ1n) is 4.90. The number of nitrogens with zero attached hydrogens (tertiary/aromatic N) is 1. The first-order chi connectivity index (χ1) is 6.83. The van der Waals surface area contributed by atoms with Gasteiger partial charge in [0.1, 0.15) is 0 Å². The molecule has 1 saturated heterocycles. The first kappa shape index (κ1) is 9.68. The molecular weight excluding hydrogens is 196 g/mol. The van der Waals surface area contributed by atoms with E-state index in [0.717, 1.165) is 25.2 Å². The standard InChI is InChI=1S/C10H14N2OS/c1-2-11-9-3-5-12(10(9)13)8-4-6-14-7-8/h4,6-7,9,11H,2-3,5H2,1H3. The summed E-state index contributed by atoms with van der Waals surface area (Å²) in [7, 11) is 0. The smallest absolute Gasteiger partial charge is 0.244 e. The summed E-state index contributed by atoms with van der Waals surface area (Å²) < 4.78 is 0.